The van der Waals surface area contributed by atoms with Crippen molar-refractivity contribution in [1.29, 1.82) is 0 Å². The Morgan fingerprint density at radius 2 is 1.23 bits per heavy atom. The maximum absolute atomic E-state index is 5.18. The van der Waals surface area contributed by atoms with Crippen molar-refractivity contribution in [2.45, 2.75) is 25.3 Å². The Morgan fingerprint density at radius 3 is 2.09 bits per heavy atom. The zero-order valence-corrected chi connectivity index (χ0v) is 30.9. The van der Waals surface area contributed by atoms with Crippen LogP contribution in [-0.2, 0) is 6.42 Å². The van der Waals surface area contributed by atoms with Crippen LogP contribution >= 0.6 is 0 Å². The lowest BCUT2D eigenvalue weighted by Gasteiger charge is -2.23. The van der Waals surface area contributed by atoms with Gasteiger partial charge in [-0.15, -0.1) is 0 Å². The minimum Gasteiger partial charge on any atom is -0.333 e. The van der Waals surface area contributed by atoms with Gasteiger partial charge in [0, 0.05) is 55.3 Å². The highest BCUT2D eigenvalue weighted by atomic mass is 15.0. The third kappa shape index (κ3) is 5.45. The van der Waals surface area contributed by atoms with Crippen LogP contribution in [0.1, 0.15) is 35.8 Å². The first-order valence-corrected chi connectivity index (χ1v) is 19.6. The van der Waals surface area contributed by atoms with Crippen molar-refractivity contribution in [2.75, 3.05) is 0 Å². The molecule has 11 rings (SSSR count). The number of nitrogens with zero attached hydrogens (tertiary/aromatic N) is 4. The van der Waals surface area contributed by atoms with Gasteiger partial charge in [-0.2, -0.15) is 0 Å². The van der Waals surface area contributed by atoms with Gasteiger partial charge < -0.3 is 9.13 Å². The minimum absolute atomic E-state index is 0.115. The fraction of sp³-hybridized carbons (Fsp3) is 0.0769. The monoisotopic (exact) mass is 718 g/mol. The van der Waals surface area contributed by atoms with Crippen molar-refractivity contribution in [1.82, 2.24) is 19.1 Å². The third-order valence-corrected chi connectivity index (χ3v) is 11.5. The summed E-state index contributed by atoms with van der Waals surface area (Å²) in [5.74, 6) is 0.740. The second-order valence-corrected chi connectivity index (χ2v) is 14.9. The Morgan fingerprint density at radius 1 is 0.536 bits per heavy atom. The Labute approximate surface area is 326 Å². The van der Waals surface area contributed by atoms with Gasteiger partial charge in [0.1, 0.15) is 0 Å². The standard InChI is InChI=1S/C52H38N4/c1-3-15-35(16-4-1)46-34-47(54-52(53-46)36-17-5-2-6-18-36)39-20-14-22-41(32-39)56-50-28-12-9-25-44(50)45-33-38(29-30-51(45)56)37-19-13-21-40(31-37)55-48-26-10-7-23-42(48)43-24-8-11-27-49(43)55/h1-10,12-26,28-31,33-34,41H,11,27,32H2. The van der Waals surface area contributed by atoms with Gasteiger partial charge in [0.05, 0.1) is 22.9 Å². The highest BCUT2D eigenvalue weighted by molar-refractivity contribution is 6.09. The Balaban J connectivity index is 0.984. The lowest BCUT2D eigenvalue weighted by molar-refractivity contribution is 0.655. The van der Waals surface area contributed by atoms with Gasteiger partial charge in [0.15, 0.2) is 5.82 Å². The Hall–Kier alpha value is -7.04. The van der Waals surface area contributed by atoms with Crippen molar-refractivity contribution in [3.63, 3.8) is 0 Å². The molecule has 0 aliphatic heterocycles. The Kier molecular flexibility index (Phi) is 7.73. The van der Waals surface area contributed by atoms with Crippen molar-refractivity contribution in [3.8, 4) is 39.5 Å². The number of hydrogen-bond acceptors (Lipinski definition) is 2. The molecule has 0 saturated heterocycles. The topological polar surface area (TPSA) is 35.6 Å². The molecule has 0 saturated carbocycles. The molecule has 2 aliphatic rings. The number of rotatable bonds is 6. The van der Waals surface area contributed by atoms with Crippen molar-refractivity contribution in [3.05, 3.63) is 199 Å². The molecule has 266 valence electrons. The largest absolute Gasteiger partial charge is 0.333 e. The van der Waals surface area contributed by atoms with Gasteiger partial charge >= 0.3 is 0 Å². The van der Waals surface area contributed by atoms with Crippen LogP contribution in [0, 0.1) is 0 Å². The molecule has 3 heterocycles. The summed E-state index contributed by atoms with van der Waals surface area (Å²) < 4.78 is 5.00. The molecule has 4 heteroatoms. The molecule has 0 spiro atoms. The lowest BCUT2D eigenvalue weighted by Crippen LogP contribution is -2.10. The van der Waals surface area contributed by atoms with E-state index in [9.17, 15) is 0 Å². The molecular formula is C52H38N4. The highest BCUT2D eigenvalue weighted by Crippen LogP contribution is 2.41. The third-order valence-electron chi connectivity index (χ3n) is 11.5. The fourth-order valence-electron chi connectivity index (χ4n) is 8.94. The predicted molar refractivity (Wildman–Crippen MR) is 233 cm³/mol. The fourth-order valence-corrected chi connectivity index (χ4v) is 8.94. The molecule has 56 heavy (non-hydrogen) atoms. The number of para-hydroxylation sites is 2. The van der Waals surface area contributed by atoms with Gasteiger partial charge in [-0.3, -0.25) is 0 Å². The van der Waals surface area contributed by atoms with E-state index in [1.54, 1.807) is 0 Å². The zero-order valence-electron chi connectivity index (χ0n) is 30.9. The zero-order chi connectivity index (χ0) is 37.0. The lowest BCUT2D eigenvalue weighted by atomic mass is 9.96. The van der Waals surface area contributed by atoms with E-state index in [4.69, 9.17) is 9.97 Å². The van der Waals surface area contributed by atoms with Crippen LogP contribution in [0.4, 0.5) is 0 Å². The summed E-state index contributed by atoms with van der Waals surface area (Å²) in [7, 11) is 0. The van der Waals surface area contributed by atoms with Crippen molar-refractivity contribution < 1.29 is 0 Å². The maximum Gasteiger partial charge on any atom is 0.160 e. The normalized spacial score (nSPS) is 15.1. The first-order chi connectivity index (χ1) is 27.8. The van der Waals surface area contributed by atoms with E-state index < -0.39 is 0 Å². The van der Waals surface area contributed by atoms with E-state index in [1.165, 1.54) is 66.4 Å². The SMILES string of the molecule is C1=CC(n2c3ccccc3c3cc(-c4cccc(-n5c6c(c7ccccc75)C=CCC6)c4)ccc32)CC(c2cc(-c3ccccc3)nc(-c3ccccc3)n2)=C1. The molecule has 9 aromatic rings. The molecule has 0 bridgehead atoms. The second kappa shape index (κ2) is 13.4. The van der Waals surface area contributed by atoms with Crippen LogP contribution in [0.15, 0.2) is 182 Å². The summed E-state index contributed by atoms with van der Waals surface area (Å²) in [5.41, 5.74) is 15.3. The average molecular weight is 719 g/mol. The summed E-state index contributed by atoms with van der Waals surface area (Å²) in [6.07, 6.45) is 14.3. The number of benzene rings is 6. The molecule has 3 aromatic heterocycles. The number of allylic oxidation sites excluding steroid dienone is 5. The van der Waals surface area contributed by atoms with E-state index in [2.05, 4.69) is 173 Å². The van der Waals surface area contributed by atoms with Crippen LogP contribution < -0.4 is 0 Å². The molecule has 4 nitrogen and oxygen atoms in total. The smallest absolute Gasteiger partial charge is 0.160 e. The summed E-state index contributed by atoms with van der Waals surface area (Å²) in [4.78, 5) is 10.2. The molecule has 1 atom stereocenters. The van der Waals surface area contributed by atoms with E-state index in [1.807, 2.05) is 24.3 Å². The molecule has 6 aromatic carbocycles. The minimum atomic E-state index is 0.115. The molecule has 0 N–H and O–H groups in total. The quantitative estimate of drug-likeness (QED) is 0.172. The maximum atomic E-state index is 5.18. The van der Waals surface area contributed by atoms with Crippen LogP contribution in [0.5, 0.6) is 0 Å². The van der Waals surface area contributed by atoms with Gasteiger partial charge in [-0.05, 0) is 78.4 Å². The van der Waals surface area contributed by atoms with Crippen molar-refractivity contribution >= 4 is 44.4 Å². The van der Waals surface area contributed by atoms with E-state index in [0.717, 1.165) is 47.6 Å². The molecule has 0 radical (unpaired) electrons. The summed E-state index contributed by atoms with van der Waals surface area (Å²) in [6.45, 7) is 0. The van der Waals surface area contributed by atoms with Gasteiger partial charge in [-0.25, -0.2) is 9.97 Å². The van der Waals surface area contributed by atoms with Gasteiger partial charge in [-0.1, -0.05) is 146 Å². The first-order valence-electron chi connectivity index (χ1n) is 19.6. The molecule has 1 unspecified atom stereocenters. The van der Waals surface area contributed by atoms with Crippen LogP contribution in [-0.4, -0.2) is 19.1 Å². The average Bonchev–Trinajstić information content (AvgIpc) is 3.80. The van der Waals surface area contributed by atoms with Crippen LogP contribution in [0.25, 0.3) is 83.8 Å². The summed E-state index contributed by atoms with van der Waals surface area (Å²) in [5, 5.41) is 3.85. The van der Waals surface area contributed by atoms with E-state index in [0.29, 0.717) is 0 Å². The summed E-state index contributed by atoms with van der Waals surface area (Å²) in [6, 6.07) is 56.7. The highest BCUT2D eigenvalue weighted by Gasteiger charge is 2.23. The van der Waals surface area contributed by atoms with Gasteiger partial charge in [0.25, 0.3) is 0 Å². The van der Waals surface area contributed by atoms with Gasteiger partial charge in [0.2, 0.25) is 0 Å². The van der Waals surface area contributed by atoms with Crippen LogP contribution in [0.2, 0.25) is 0 Å². The number of aromatic nitrogens is 4. The Bertz CT molecular complexity index is 2990. The molecule has 2 aliphatic carbocycles. The first kappa shape index (κ1) is 32.4. The van der Waals surface area contributed by atoms with E-state index >= 15 is 0 Å². The molecular weight excluding hydrogens is 681 g/mol. The predicted octanol–water partition coefficient (Wildman–Crippen LogP) is 13.1. The molecule has 0 fully saturated rings. The molecule has 0 amide bonds. The van der Waals surface area contributed by atoms with Crippen molar-refractivity contribution in [2.24, 2.45) is 0 Å². The number of fused-ring (bicyclic) bond motifs is 6. The number of hydrogen-bond donors (Lipinski definition) is 0. The second-order valence-electron chi connectivity index (χ2n) is 14.9. The summed E-state index contributed by atoms with van der Waals surface area (Å²) >= 11 is 0. The van der Waals surface area contributed by atoms with E-state index in [-0.39, 0.29) is 6.04 Å². The van der Waals surface area contributed by atoms with Crippen LogP contribution in [0.3, 0.4) is 0 Å².